The maximum atomic E-state index is 12.8. The van der Waals surface area contributed by atoms with Crippen LogP contribution in [-0.2, 0) is 36.8 Å². The molecule has 2 saturated heterocycles. The molecule has 2 aliphatic rings. The number of amides is 1. The van der Waals surface area contributed by atoms with E-state index in [9.17, 15) is 54.0 Å². The number of aromatic nitrogens is 5. The van der Waals surface area contributed by atoms with Gasteiger partial charge < -0.3 is 55.8 Å². The number of phosphoric acid groups is 2. The Hall–Kier alpha value is -2.55. The van der Waals surface area contributed by atoms with Crippen molar-refractivity contribution < 1.29 is 72.1 Å². The summed E-state index contributed by atoms with van der Waals surface area (Å²) in [5.74, 6) is -1.29. The highest BCUT2D eigenvalue weighted by Crippen LogP contribution is 2.61. The Labute approximate surface area is 287 Å². The van der Waals surface area contributed by atoms with Crippen LogP contribution in [0.3, 0.4) is 0 Å². The van der Waals surface area contributed by atoms with Gasteiger partial charge in [-0.15, -0.1) is 0 Å². The first-order valence-electron chi connectivity index (χ1n) is 14.1. The molecule has 5 rings (SSSR count). The number of phosphoric ester groups is 2. The molecule has 0 saturated carbocycles. The molecule has 276 valence electrons. The summed E-state index contributed by atoms with van der Waals surface area (Å²) in [5.41, 5.74) is 4.57. The lowest BCUT2D eigenvalue weighted by Gasteiger charge is -2.42. The molecule has 11 atom stereocenters. The smallest absolute Gasteiger partial charge is 0.394 e. The number of anilines is 1. The molecule has 2 aliphatic heterocycles. The number of fused-ring (bicyclic) bond motifs is 1. The van der Waals surface area contributed by atoms with E-state index in [1.807, 2.05) is 0 Å². The predicted octanol–water partition coefficient (Wildman–Crippen LogP) is -2.67. The van der Waals surface area contributed by atoms with Crippen LogP contribution in [0, 0.1) is 0 Å². The van der Waals surface area contributed by atoms with Gasteiger partial charge in [-0.05, 0) is 22.9 Å². The van der Waals surface area contributed by atoms with E-state index in [2.05, 4.69) is 29.6 Å². The Kier molecular flexibility index (Phi) is 12.4. The zero-order valence-corrected chi connectivity index (χ0v) is 28.5. The minimum absolute atomic E-state index is 0.124. The third-order valence-corrected chi connectivity index (χ3v) is 11.8. The summed E-state index contributed by atoms with van der Waals surface area (Å²) in [6.07, 6.45) is -11.4. The van der Waals surface area contributed by atoms with Crippen molar-refractivity contribution in [2.75, 3.05) is 24.7 Å². The molecular weight excluding hydrogens is 756 g/mol. The number of carbonyl (C=O) groups excluding carboxylic acids is 1. The van der Waals surface area contributed by atoms with Crippen molar-refractivity contribution in [3.63, 3.8) is 0 Å². The molecule has 1 amide bonds. The quantitative estimate of drug-likeness (QED) is 0.0588. The fourth-order valence-electron chi connectivity index (χ4n) is 4.79. The molecule has 0 aromatic carbocycles. The number of imidazole rings is 1. The van der Waals surface area contributed by atoms with Gasteiger partial charge in [-0.3, -0.25) is 28.2 Å². The minimum atomic E-state index is -5.71. The number of aliphatic hydroxyl groups is 5. The second kappa shape index (κ2) is 16.0. The molecular formula is C23H31N7O16P2S2. The molecule has 3 aromatic rings. The summed E-state index contributed by atoms with van der Waals surface area (Å²) in [5, 5.41) is 54.4. The van der Waals surface area contributed by atoms with Gasteiger partial charge >= 0.3 is 15.6 Å². The minimum Gasteiger partial charge on any atom is -0.394 e. The Morgan fingerprint density at radius 1 is 1.06 bits per heavy atom. The maximum Gasteiger partial charge on any atom is 0.483 e. The van der Waals surface area contributed by atoms with Crippen LogP contribution in [0.5, 0.6) is 0 Å². The van der Waals surface area contributed by atoms with Gasteiger partial charge in [-0.2, -0.15) is 9.29 Å². The number of pyridine rings is 1. The third kappa shape index (κ3) is 9.08. The zero-order chi connectivity index (χ0) is 36.4. The molecule has 0 radical (unpaired) electrons. The number of rotatable bonds is 14. The van der Waals surface area contributed by atoms with Crippen LogP contribution >= 0.6 is 37.2 Å². The summed E-state index contributed by atoms with van der Waals surface area (Å²) in [4.78, 5) is 59.4. The van der Waals surface area contributed by atoms with E-state index >= 15 is 0 Å². The van der Waals surface area contributed by atoms with Gasteiger partial charge in [0.25, 0.3) is 5.56 Å². The van der Waals surface area contributed by atoms with Crippen LogP contribution in [0.4, 0.5) is 5.95 Å². The van der Waals surface area contributed by atoms with Crippen LogP contribution in [0.1, 0.15) is 6.23 Å². The maximum absolute atomic E-state index is 12.8. The number of H-pyrrole nitrogens is 1. The molecule has 11 N–H and O–H groups in total. The van der Waals surface area contributed by atoms with Gasteiger partial charge in [0.2, 0.25) is 11.9 Å². The summed E-state index contributed by atoms with van der Waals surface area (Å²) >= 11 is 0. The van der Waals surface area contributed by atoms with Crippen LogP contribution in [0.25, 0.3) is 11.2 Å². The average Bonchev–Trinajstić information content (AvgIpc) is 3.59. The van der Waals surface area contributed by atoms with Crippen LogP contribution in [-0.4, -0.2) is 134 Å². The van der Waals surface area contributed by atoms with Crippen LogP contribution in [0.2, 0.25) is 0 Å². The molecule has 23 nitrogen and oxygen atoms in total. The fraction of sp³-hybridized carbons (Fsp3) is 0.522. The van der Waals surface area contributed by atoms with E-state index in [1.165, 1.54) is 0 Å². The van der Waals surface area contributed by atoms with Crippen molar-refractivity contribution in [2.45, 2.75) is 60.2 Å². The standard InChI is InChI=1S/C23H31N7O16P2S2/c24-23-28-19-14(20(37)29-23)26-8-30(19)21-18(36)16(34)10(43-21)6-42-47(38,39)46-48(40,41)45-22-13(17(35)15(33)9(5-31)44-22)27-11(32)7-49-50-12-3-1-2-4-25-12/h1-4,8-10,13,15-18,21-22,31,33-36H,5-7H2,(H,27,32)(H,38,39)(H,40,41)(H3,24,28,29,37). The molecule has 3 aromatic heterocycles. The highest BCUT2D eigenvalue weighted by molar-refractivity contribution is 8.76. The van der Waals surface area contributed by atoms with E-state index in [4.69, 9.17) is 24.3 Å². The second-order valence-electron chi connectivity index (χ2n) is 10.6. The summed E-state index contributed by atoms with van der Waals surface area (Å²) in [7, 11) is -9.10. The molecule has 11 unspecified atom stereocenters. The predicted molar refractivity (Wildman–Crippen MR) is 169 cm³/mol. The lowest BCUT2D eigenvalue weighted by molar-refractivity contribution is -0.247. The Balaban J connectivity index is 1.20. The number of aliphatic hydroxyl groups excluding tert-OH is 5. The normalized spacial score (nSPS) is 30.9. The summed E-state index contributed by atoms with van der Waals surface area (Å²) < 4.78 is 51.3. The number of aromatic amines is 1. The van der Waals surface area contributed by atoms with Gasteiger partial charge in [0, 0.05) is 6.20 Å². The lowest BCUT2D eigenvalue weighted by Crippen LogP contribution is -2.64. The van der Waals surface area contributed by atoms with Gasteiger partial charge in [-0.25, -0.2) is 19.1 Å². The van der Waals surface area contributed by atoms with E-state index in [1.54, 1.807) is 24.4 Å². The first-order chi connectivity index (χ1) is 23.6. The monoisotopic (exact) mass is 787 g/mol. The fourth-order valence-corrected chi connectivity index (χ4v) is 8.72. The molecule has 0 aliphatic carbocycles. The molecule has 0 spiro atoms. The third-order valence-electron chi connectivity index (χ3n) is 7.09. The molecule has 5 heterocycles. The van der Waals surface area contributed by atoms with E-state index in [0.717, 1.165) is 32.5 Å². The van der Waals surface area contributed by atoms with E-state index < -0.39 is 95.5 Å². The highest BCUT2D eigenvalue weighted by atomic mass is 33.1. The average molecular weight is 788 g/mol. The van der Waals surface area contributed by atoms with Gasteiger partial charge in [0.15, 0.2) is 23.7 Å². The number of nitrogens with zero attached hydrogens (tertiary/aromatic N) is 4. The largest absolute Gasteiger partial charge is 0.483 e. The van der Waals surface area contributed by atoms with Crippen molar-refractivity contribution in [3.8, 4) is 0 Å². The lowest BCUT2D eigenvalue weighted by atomic mass is 9.97. The van der Waals surface area contributed by atoms with Gasteiger partial charge in [0.1, 0.15) is 47.7 Å². The van der Waals surface area contributed by atoms with E-state index in [0.29, 0.717) is 5.03 Å². The zero-order valence-electron chi connectivity index (χ0n) is 25.1. The first kappa shape index (κ1) is 38.7. The molecule has 0 bridgehead atoms. The number of nitrogens with one attached hydrogen (secondary N) is 2. The SMILES string of the molecule is Nc1nc2c(ncn2C2OC(COP(=O)(O)OP(=O)(O)OC3OC(CO)C(O)C(O)C3NC(=O)CSSc3ccccn3)C(O)C2O)c(=O)[nH]1. The molecule has 50 heavy (non-hydrogen) atoms. The number of nitrogen functional groups attached to an aromatic ring is 1. The number of hydrogen-bond donors (Lipinski definition) is 10. The number of ether oxygens (including phenoxy) is 2. The molecule has 27 heteroatoms. The Morgan fingerprint density at radius 2 is 1.80 bits per heavy atom. The highest BCUT2D eigenvalue weighted by Gasteiger charge is 2.50. The van der Waals surface area contributed by atoms with Gasteiger partial charge in [-0.1, -0.05) is 16.9 Å². The van der Waals surface area contributed by atoms with Crippen LogP contribution in [0.15, 0.2) is 40.5 Å². The Morgan fingerprint density at radius 3 is 2.50 bits per heavy atom. The number of carbonyl (C=O) groups is 1. The number of nitrogens with two attached hydrogens (primary N) is 1. The Bertz CT molecular complexity index is 1810. The van der Waals surface area contributed by atoms with Crippen molar-refractivity contribution in [2.24, 2.45) is 0 Å². The topological polar surface area (TPSA) is 353 Å². The van der Waals surface area contributed by atoms with Crippen molar-refractivity contribution in [1.29, 1.82) is 0 Å². The number of hydrogen-bond acceptors (Lipinski definition) is 20. The van der Waals surface area contributed by atoms with Crippen LogP contribution < -0.4 is 16.6 Å². The summed E-state index contributed by atoms with van der Waals surface area (Å²) in [6.45, 7) is -1.94. The van der Waals surface area contributed by atoms with Crippen molar-refractivity contribution >= 4 is 60.3 Å². The van der Waals surface area contributed by atoms with E-state index in [-0.39, 0.29) is 22.9 Å². The van der Waals surface area contributed by atoms with Crippen molar-refractivity contribution in [3.05, 3.63) is 41.1 Å². The second-order valence-corrected chi connectivity index (χ2v) is 15.9. The van der Waals surface area contributed by atoms with Crippen molar-refractivity contribution in [1.82, 2.24) is 29.8 Å². The summed E-state index contributed by atoms with van der Waals surface area (Å²) in [6, 6.07) is 3.36. The van der Waals surface area contributed by atoms with Gasteiger partial charge in [0.05, 0.1) is 25.3 Å². The first-order valence-corrected chi connectivity index (χ1v) is 19.5. The molecule has 2 fully saturated rings.